The molecule has 124 valence electrons. The lowest BCUT2D eigenvalue weighted by Gasteiger charge is -2.20. The molecular weight excluding hydrogens is 314 g/mol. The van der Waals surface area contributed by atoms with Crippen LogP contribution in [0.3, 0.4) is 0 Å². The fourth-order valence-corrected chi connectivity index (χ4v) is 2.97. The highest BCUT2D eigenvalue weighted by atomic mass is 16.5. The van der Waals surface area contributed by atoms with E-state index >= 15 is 0 Å². The summed E-state index contributed by atoms with van der Waals surface area (Å²) in [6.07, 6.45) is 3.16. The molecule has 1 N–H and O–H groups in total. The molecule has 0 fully saturated rings. The predicted molar refractivity (Wildman–Crippen MR) is 94.1 cm³/mol. The maximum absolute atomic E-state index is 12.6. The number of fused-ring (bicyclic) bond motifs is 3. The molecule has 0 spiro atoms. The van der Waals surface area contributed by atoms with Crippen LogP contribution in [0.4, 0.5) is 0 Å². The van der Waals surface area contributed by atoms with Crippen molar-refractivity contribution in [1.29, 1.82) is 0 Å². The summed E-state index contributed by atoms with van der Waals surface area (Å²) in [4.78, 5) is 20.8. The highest BCUT2D eigenvalue weighted by Gasteiger charge is 2.20. The van der Waals surface area contributed by atoms with E-state index in [9.17, 15) is 4.79 Å². The SMILES string of the molecule is CC(NC(=O)c1ccc2c(c1)COc1cncnc1-2)c1ccccc1. The number of hydrogen-bond acceptors (Lipinski definition) is 4. The van der Waals surface area contributed by atoms with Crippen molar-refractivity contribution >= 4 is 5.91 Å². The summed E-state index contributed by atoms with van der Waals surface area (Å²) in [6.45, 7) is 2.38. The number of benzene rings is 2. The molecule has 1 aliphatic rings. The molecule has 25 heavy (non-hydrogen) atoms. The van der Waals surface area contributed by atoms with E-state index in [1.165, 1.54) is 6.33 Å². The monoisotopic (exact) mass is 331 g/mol. The molecule has 5 nitrogen and oxygen atoms in total. The molecule has 0 saturated heterocycles. The van der Waals surface area contributed by atoms with Gasteiger partial charge >= 0.3 is 0 Å². The van der Waals surface area contributed by atoms with Gasteiger partial charge in [-0.15, -0.1) is 0 Å². The van der Waals surface area contributed by atoms with Gasteiger partial charge in [0.05, 0.1) is 12.2 Å². The van der Waals surface area contributed by atoms with Gasteiger partial charge in [0.15, 0.2) is 5.75 Å². The van der Waals surface area contributed by atoms with Crippen molar-refractivity contribution < 1.29 is 9.53 Å². The van der Waals surface area contributed by atoms with E-state index in [0.29, 0.717) is 17.9 Å². The number of rotatable bonds is 3. The second kappa shape index (κ2) is 6.36. The van der Waals surface area contributed by atoms with Crippen molar-refractivity contribution in [2.75, 3.05) is 0 Å². The third-order valence-electron chi connectivity index (χ3n) is 4.33. The molecule has 1 aliphatic heterocycles. The largest absolute Gasteiger partial charge is 0.485 e. The van der Waals surface area contributed by atoms with E-state index in [-0.39, 0.29) is 11.9 Å². The van der Waals surface area contributed by atoms with Crippen molar-refractivity contribution in [3.63, 3.8) is 0 Å². The molecule has 0 aliphatic carbocycles. The number of nitrogens with zero attached hydrogens (tertiary/aromatic N) is 2. The van der Waals surface area contributed by atoms with Crippen LogP contribution < -0.4 is 10.1 Å². The Kier molecular flexibility index (Phi) is 3.90. The summed E-state index contributed by atoms with van der Waals surface area (Å²) in [5.74, 6) is 0.567. The third kappa shape index (κ3) is 2.96. The predicted octanol–water partition coefficient (Wildman–Crippen LogP) is 3.53. The Morgan fingerprint density at radius 3 is 2.88 bits per heavy atom. The van der Waals surface area contributed by atoms with Crippen LogP contribution in [0, 0.1) is 0 Å². The summed E-state index contributed by atoms with van der Waals surface area (Å²) in [5, 5.41) is 3.03. The lowest BCUT2D eigenvalue weighted by Crippen LogP contribution is -2.26. The Balaban J connectivity index is 1.57. The smallest absolute Gasteiger partial charge is 0.251 e. The second-order valence-corrected chi connectivity index (χ2v) is 6.00. The fraction of sp³-hybridized carbons (Fsp3) is 0.150. The lowest BCUT2D eigenvalue weighted by atomic mass is 9.99. The Morgan fingerprint density at radius 1 is 1.20 bits per heavy atom. The number of nitrogens with one attached hydrogen (secondary N) is 1. The molecule has 4 rings (SSSR count). The lowest BCUT2D eigenvalue weighted by molar-refractivity contribution is 0.0939. The minimum atomic E-state index is -0.104. The molecule has 2 aromatic carbocycles. The first kappa shape index (κ1) is 15.3. The van der Waals surface area contributed by atoms with Gasteiger partial charge in [-0.25, -0.2) is 9.97 Å². The fourth-order valence-electron chi connectivity index (χ4n) is 2.97. The molecule has 5 heteroatoms. The van der Waals surface area contributed by atoms with Crippen molar-refractivity contribution in [3.8, 4) is 17.0 Å². The Labute approximate surface area is 145 Å². The summed E-state index contributed by atoms with van der Waals surface area (Å²) >= 11 is 0. The molecule has 0 bridgehead atoms. The van der Waals surface area contributed by atoms with E-state index in [2.05, 4.69) is 15.3 Å². The van der Waals surface area contributed by atoms with Crippen molar-refractivity contribution in [2.24, 2.45) is 0 Å². The average Bonchev–Trinajstić information content (AvgIpc) is 2.68. The first-order chi connectivity index (χ1) is 12.2. The molecule has 1 amide bonds. The summed E-state index contributed by atoms with van der Waals surface area (Å²) < 4.78 is 5.68. The summed E-state index contributed by atoms with van der Waals surface area (Å²) in [6, 6.07) is 15.5. The molecule has 0 radical (unpaired) electrons. The Bertz CT molecular complexity index is 925. The first-order valence-corrected chi connectivity index (χ1v) is 8.14. The van der Waals surface area contributed by atoms with Gasteiger partial charge in [-0.2, -0.15) is 0 Å². The summed E-state index contributed by atoms with van der Waals surface area (Å²) in [5.41, 5.74) is 4.38. The molecule has 0 saturated carbocycles. The highest BCUT2D eigenvalue weighted by molar-refractivity contribution is 5.95. The first-order valence-electron chi connectivity index (χ1n) is 8.14. The van der Waals surface area contributed by atoms with E-state index in [1.54, 1.807) is 6.20 Å². The van der Waals surface area contributed by atoms with Crippen molar-refractivity contribution in [2.45, 2.75) is 19.6 Å². The van der Waals surface area contributed by atoms with Crippen LogP contribution in [0.2, 0.25) is 0 Å². The van der Waals surface area contributed by atoms with Crippen LogP contribution in [0.15, 0.2) is 61.1 Å². The summed E-state index contributed by atoms with van der Waals surface area (Å²) in [7, 11) is 0. The standard InChI is InChI=1S/C20H17N3O2/c1-13(14-5-3-2-4-6-14)23-20(24)15-7-8-17-16(9-15)11-25-18-10-21-12-22-19(17)18/h2-10,12-13H,11H2,1H3,(H,23,24). The molecule has 1 unspecified atom stereocenters. The number of aromatic nitrogens is 2. The van der Waals surface area contributed by atoms with Gasteiger partial charge in [0.2, 0.25) is 0 Å². The van der Waals surface area contributed by atoms with Crippen LogP contribution in [0.5, 0.6) is 5.75 Å². The maximum Gasteiger partial charge on any atom is 0.251 e. The molecule has 1 aromatic heterocycles. The van der Waals surface area contributed by atoms with Gasteiger partial charge in [0.25, 0.3) is 5.91 Å². The van der Waals surface area contributed by atoms with Crippen molar-refractivity contribution in [1.82, 2.24) is 15.3 Å². The number of carbonyl (C=O) groups excluding carboxylic acids is 1. The van der Waals surface area contributed by atoms with Gasteiger partial charge in [0.1, 0.15) is 18.6 Å². The zero-order valence-electron chi connectivity index (χ0n) is 13.8. The number of hydrogen-bond donors (Lipinski definition) is 1. The van der Waals surface area contributed by atoms with Gasteiger partial charge < -0.3 is 10.1 Å². The number of carbonyl (C=O) groups is 1. The van der Waals surface area contributed by atoms with Crippen molar-refractivity contribution in [3.05, 3.63) is 77.7 Å². The molecule has 3 aromatic rings. The minimum absolute atomic E-state index is 0.0607. The van der Waals surface area contributed by atoms with Crippen LogP contribution in [0.1, 0.15) is 34.5 Å². The Hall–Kier alpha value is -3.21. The van der Waals surface area contributed by atoms with Gasteiger partial charge in [-0.05, 0) is 30.2 Å². The molecule has 2 heterocycles. The zero-order valence-corrected chi connectivity index (χ0v) is 13.8. The van der Waals surface area contributed by atoms with Gasteiger partial charge in [-0.1, -0.05) is 36.4 Å². The van der Waals surface area contributed by atoms with E-state index in [4.69, 9.17) is 4.74 Å². The van der Waals surface area contributed by atoms with Crippen LogP contribution in [0.25, 0.3) is 11.3 Å². The van der Waals surface area contributed by atoms with Crippen LogP contribution >= 0.6 is 0 Å². The topological polar surface area (TPSA) is 64.1 Å². The average molecular weight is 331 g/mol. The minimum Gasteiger partial charge on any atom is -0.485 e. The van der Waals surface area contributed by atoms with E-state index < -0.39 is 0 Å². The quantitative estimate of drug-likeness (QED) is 0.797. The number of amides is 1. The maximum atomic E-state index is 12.6. The Morgan fingerprint density at radius 2 is 2.04 bits per heavy atom. The van der Waals surface area contributed by atoms with Crippen LogP contribution in [-0.4, -0.2) is 15.9 Å². The zero-order chi connectivity index (χ0) is 17.2. The molecular formula is C20H17N3O2. The third-order valence-corrected chi connectivity index (χ3v) is 4.33. The van der Waals surface area contributed by atoms with Crippen LogP contribution in [-0.2, 0) is 6.61 Å². The van der Waals surface area contributed by atoms with E-state index in [1.807, 2.05) is 55.5 Å². The second-order valence-electron chi connectivity index (χ2n) is 6.00. The highest BCUT2D eigenvalue weighted by Crippen LogP contribution is 2.35. The van der Waals surface area contributed by atoms with E-state index in [0.717, 1.165) is 22.4 Å². The normalized spacial score (nSPS) is 13.2. The van der Waals surface area contributed by atoms with Gasteiger partial charge in [-0.3, -0.25) is 4.79 Å². The number of ether oxygens (including phenoxy) is 1. The molecule has 1 atom stereocenters. The van der Waals surface area contributed by atoms with Gasteiger partial charge in [0, 0.05) is 11.1 Å².